The summed E-state index contributed by atoms with van der Waals surface area (Å²) in [6, 6.07) is 0. The van der Waals surface area contributed by atoms with Crippen molar-refractivity contribution in [2.24, 2.45) is 0 Å². The highest BCUT2D eigenvalue weighted by Gasteiger charge is 2.28. The van der Waals surface area contributed by atoms with E-state index in [0.29, 0.717) is 13.0 Å². The van der Waals surface area contributed by atoms with Crippen LogP contribution >= 0.6 is 7.82 Å². The van der Waals surface area contributed by atoms with Gasteiger partial charge in [-0.05, 0) is 19.9 Å². The quantitative estimate of drug-likeness (QED) is 0.0377. The van der Waals surface area contributed by atoms with E-state index in [1.807, 2.05) is 0 Å². The maximum absolute atomic E-state index is 12.8. The van der Waals surface area contributed by atoms with Crippen LogP contribution in [-0.4, -0.2) is 58.6 Å². The molecule has 0 rings (SSSR count). The predicted molar refractivity (Wildman–Crippen MR) is 202 cm³/mol. The molecular weight excluding hydrogens is 641 g/mol. The normalized spacial score (nSPS) is 13.3. The van der Waals surface area contributed by atoms with Crippen LogP contribution in [0.2, 0.25) is 0 Å². The first kappa shape index (κ1) is 48.0. The van der Waals surface area contributed by atoms with E-state index in [-0.39, 0.29) is 38.2 Å². The second kappa shape index (κ2) is 36.8. The molecule has 1 N–H and O–H groups in total. The Morgan fingerprint density at radius 2 is 0.939 bits per heavy atom. The molecule has 0 aliphatic rings. The summed E-state index contributed by atoms with van der Waals surface area (Å²) in [5, 5.41) is 2.90. The molecule has 0 heterocycles. The van der Waals surface area contributed by atoms with E-state index in [0.717, 1.165) is 38.5 Å². The summed E-state index contributed by atoms with van der Waals surface area (Å²) in [6.45, 7) is 4.67. The molecule has 9 nitrogen and oxygen atoms in total. The Bertz CT molecular complexity index is 784. The highest BCUT2D eigenvalue weighted by Crippen LogP contribution is 2.48. The Labute approximate surface area is 302 Å². The molecule has 0 aromatic heterocycles. The minimum Gasteiger partial charge on any atom is -0.462 e. The van der Waals surface area contributed by atoms with Crippen molar-refractivity contribution < 1.29 is 37.2 Å². The lowest BCUT2D eigenvalue weighted by Crippen LogP contribution is -2.29. The molecule has 0 aromatic rings. The van der Waals surface area contributed by atoms with E-state index in [4.69, 9.17) is 23.0 Å². The standard InChI is InChI=1S/C39H78NO8P/c1-5-7-9-11-13-15-17-19-21-23-25-27-29-31-38(41)45-35-37(36-47-49(43,44-4)46-34-33-40-3)48-39(42)32-30-28-26-24-22-20-18-16-14-12-10-8-6-2/h37,40H,5-36H2,1-4H3. The lowest BCUT2D eigenvalue weighted by Gasteiger charge is -2.21. The molecule has 0 spiro atoms. The zero-order valence-corrected chi connectivity index (χ0v) is 33.3. The first-order chi connectivity index (χ1) is 23.9. The number of phosphoric acid groups is 1. The zero-order valence-electron chi connectivity index (χ0n) is 32.4. The number of hydrogen-bond acceptors (Lipinski definition) is 9. The van der Waals surface area contributed by atoms with Crippen LogP contribution in [0.4, 0.5) is 0 Å². The molecule has 0 saturated carbocycles. The molecule has 0 saturated heterocycles. The zero-order chi connectivity index (χ0) is 36.1. The van der Waals surface area contributed by atoms with E-state index in [1.165, 1.54) is 136 Å². The Hall–Kier alpha value is -0.990. The van der Waals surface area contributed by atoms with E-state index in [1.54, 1.807) is 7.05 Å². The number of hydrogen-bond donors (Lipinski definition) is 1. The maximum atomic E-state index is 12.8. The van der Waals surface area contributed by atoms with Crippen molar-refractivity contribution in [3.63, 3.8) is 0 Å². The third-order valence-corrected chi connectivity index (χ3v) is 10.4. The third-order valence-electron chi connectivity index (χ3n) is 8.94. The van der Waals surface area contributed by atoms with Crippen LogP contribution in [0.15, 0.2) is 0 Å². The fraction of sp³-hybridized carbons (Fsp3) is 0.949. The van der Waals surface area contributed by atoms with Crippen LogP contribution in [0, 0.1) is 0 Å². The number of esters is 2. The molecule has 0 aliphatic carbocycles. The lowest BCUT2D eigenvalue weighted by atomic mass is 10.0. The highest BCUT2D eigenvalue weighted by molar-refractivity contribution is 7.48. The average Bonchev–Trinajstić information content (AvgIpc) is 3.10. The summed E-state index contributed by atoms with van der Waals surface area (Å²) in [5.41, 5.74) is 0. The van der Waals surface area contributed by atoms with Gasteiger partial charge in [-0.3, -0.25) is 23.2 Å². The van der Waals surface area contributed by atoms with E-state index in [2.05, 4.69) is 19.2 Å². The summed E-state index contributed by atoms with van der Waals surface area (Å²) >= 11 is 0. The first-order valence-electron chi connectivity index (χ1n) is 20.3. The summed E-state index contributed by atoms with van der Waals surface area (Å²) in [6.07, 6.45) is 31.8. The van der Waals surface area contributed by atoms with Crippen molar-refractivity contribution >= 4 is 19.8 Å². The van der Waals surface area contributed by atoms with Gasteiger partial charge in [0.25, 0.3) is 0 Å². The van der Waals surface area contributed by atoms with Gasteiger partial charge in [0, 0.05) is 26.5 Å². The molecule has 0 aliphatic heterocycles. The summed E-state index contributed by atoms with van der Waals surface area (Å²) in [5.74, 6) is -0.714. The molecule has 0 aromatic carbocycles. The number of nitrogens with one attached hydrogen (secondary N) is 1. The van der Waals surface area contributed by atoms with Gasteiger partial charge in [-0.1, -0.05) is 168 Å². The van der Waals surface area contributed by atoms with Crippen LogP contribution in [-0.2, 0) is 37.2 Å². The van der Waals surface area contributed by atoms with Gasteiger partial charge in [-0.2, -0.15) is 0 Å². The van der Waals surface area contributed by atoms with Gasteiger partial charge in [-0.25, -0.2) is 4.57 Å². The topological polar surface area (TPSA) is 109 Å². The number of likely N-dealkylation sites (N-methyl/N-ethyl adjacent to an activating group) is 1. The van der Waals surface area contributed by atoms with Gasteiger partial charge in [0.05, 0.1) is 13.2 Å². The monoisotopic (exact) mass is 720 g/mol. The largest absolute Gasteiger partial charge is 0.474 e. The van der Waals surface area contributed by atoms with Crippen molar-refractivity contribution in [2.45, 2.75) is 200 Å². The van der Waals surface area contributed by atoms with Crippen molar-refractivity contribution in [3.8, 4) is 0 Å². The smallest absolute Gasteiger partial charge is 0.462 e. The summed E-state index contributed by atoms with van der Waals surface area (Å²) in [4.78, 5) is 25.1. The van der Waals surface area contributed by atoms with Gasteiger partial charge >= 0.3 is 19.8 Å². The Morgan fingerprint density at radius 3 is 1.33 bits per heavy atom. The molecule has 0 amide bonds. The van der Waals surface area contributed by atoms with Crippen LogP contribution < -0.4 is 5.32 Å². The van der Waals surface area contributed by atoms with Crippen LogP contribution in [0.25, 0.3) is 0 Å². The molecular formula is C39H78NO8P. The fourth-order valence-corrected chi connectivity index (χ4v) is 6.72. The number of carbonyl (C=O) groups excluding carboxylic acids is 2. The minimum absolute atomic E-state index is 0.124. The van der Waals surface area contributed by atoms with Crippen LogP contribution in [0.5, 0.6) is 0 Å². The van der Waals surface area contributed by atoms with Crippen molar-refractivity contribution in [1.29, 1.82) is 0 Å². The Morgan fingerprint density at radius 1 is 0.551 bits per heavy atom. The van der Waals surface area contributed by atoms with Gasteiger partial charge < -0.3 is 14.8 Å². The van der Waals surface area contributed by atoms with Crippen LogP contribution in [0.1, 0.15) is 194 Å². The Kier molecular flexibility index (Phi) is 36.0. The van der Waals surface area contributed by atoms with Gasteiger partial charge in [-0.15, -0.1) is 0 Å². The average molecular weight is 720 g/mol. The van der Waals surface area contributed by atoms with Gasteiger partial charge in [0.1, 0.15) is 6.61 Å². The lowest BCUT2D eigenvalue weighted by molar-refractivity contribution is -0.161. The predicted octanol–water partition coefficient (Wildman–Crippen LogP) is 11.4. The number of unbranched alkanes of at least 4 members (excludes halogenated alkanes) is 24. The number of rotatable bonds is 39. The van der Waals surface area contributed by atoms with E-state index in [9.17, 15) is 14.2 Å². The number of carbonyl (C=O) groups is 2. The molecule has 2 atom stereocenters. The molecule has 292 valence electrons. The first-order valence-corrected chi connectivity index (χ1v) is 21.8. The van der Waals surface area contributed by atoms with Crippen molar-refractivity contribution in [3.05, 3.63) is 0 Å². The molecule has 0 radical (unpaired) electrons. The summed E-state index contributed by atoms with van der Waals surface area (Å²) in [7, 11) is -0.849. The maximum Gasteiger partial charge on any atom is 0.474 e. The van der Waals surface area contributed by atoms with E-state index < -0.39 is 13.9 Å². The Balaban J connectivity index is 4.34. The van der Waals surface area contributed by atoms with E-state index >= 15 is 0 Å². The minimum atomic E-state index is -3.84. The second-order valence-electron chi connectivity index (χ2n) is 13.6. The van der Waals surface area contributed by atoms with Crippen LogP contribution in [0.3, 0.4) is 0 Å². The fourth-order valence-electron chi connectivity index (χ4n) is 5.77. The third kappa shape index (κ3) is 33.9. The molecule has 0 fully saturated rings. The number of ether oxygens (including phenoxy) is 2. The molecule has 10 heteroatoms. The second-order valence-corrected chi connectivity index (χ2v) is 15.4. The van der Waals surface area contributed by atoms with Crippen molar-refractivity contribution in [1.82, 2.24) is 5.32 Å². The molecule has 49 heavy (non-hydrogen) atoms. The SMILES string of the molecule is CCCCCCCCCCCCCCCC(=O)OCC(COP(=O)(OC)OCCNC)OC(=O)CCCCCCCCCCCCCCC. The van der Waals surface area contributed by atoms with Gasteiger partial charge in [0.2, 0.25) is 0 Å². The summed E-state index contributed by atoms with van der Waals surface area (Å²) < 4.78 is 39.6. The number of phosphoric ester groups is 1. The van der Waals surface area contributed by atoms with Crippen molar-refractivity contribution in [2.75, 3.05) is 40.5 Å². The molecule has 2 unspecified atom stereocenters. The highest BCUT2D eigenvalue weighted by atomic mass is 31.2. The molecule has 0 bridgehead atoms. The van der Waals surface area contributed by atoms with Gasteiger partial charge in [0.15, 0.2) is 6.10 Å².